The molecule has 0 fully saturated rings. The van der Waals surface area contributed by atoms with Crippen molar-refractivity contribution in [3.05, 3.63) is 128 Å². The number of ketones is 1. The number of carbonyl (C=O) groups is 2. The van der Waals surface area contributed by atoms with Crippen molar-refractivity contribution in [2.75, 3.05) is 11.2 Å². The molecule has 0 radical (unpaired) electrons. The average Bonchev–Trinajstić information content (AvgIpc) is 3.30. The zero-order valence-corrected chi connectivity index (χ0v) is 24.4. The monoisotopic (exact) mass is 590 g/mol. The van der Waals surface area contributed by atoms with E-state index in [9.17, 15) is 19.2 Å². The molecule has 3 aromatic carbocycles. The summed E-state index contributed by atoms with van der Waals surface area (Å²) in [5, 5.41) is 5.91. The Kier molecular flexibility index (Phi) is 7.24. The van der Waals surface area contributed by atoms with E-state index in [1.165, 1.54) is 28.1 Å². The zero-order chi connectivity index (χ0) is 30.2. The second-order valence-corrected chi connectivity index (χ2v) is 10.9. The smallest absolute Gasteiger partial charge is 0.291 e. The third kappa shape index (κ3) is 5.04. The number of carbonyl (C=O) groups excluding carboxylic acids is 2. The van der Waals surface area contributed by atoms with Crippen LogP contribution in [0.4, 0.5) is 0 Å². The molecule has 1 amide bonds. The summed E-state index contributed by atoms with van der Waals surface area (Å²) in [7, 11) is 1.49. The fourth-order valence-electron chi connectivity index (χ4n) is 5.06. The summed E-state index contributed by atoms with van der Waals surface area (Å²) in [6.07, 6.45) is 0. The number of thioether (sulfide) groups is 1. The van der Waals surface area contributed by atoms with Crippen LogP contribution in [0, 0.1) is 13.8 Å². The SMILES string of the molecule is Cc1cc(C(=O)CSc2nc3ccccc3c(=O)n2-c2ccccc2)c(C)n1NC(=O)c1nn(C)c(=O)c2ccccc12. The molecule has 0 spiro atoms. The van der Waals surface area contributed by atoms with Crippen LogP contribution in [-0.4, -0.2) is 41.5 Å². The van der Waals surface area contributed by atoms with E-state index in [2.05, 4.69) is 10.5 Å². The molecule has 0 unspecified atom stereocenters. The van der Waals surface area contributed by atoms with Gasteiger partial charge in [-0.2, -0.15) is 5.10 Å². The molecule has 0 aliphatic carbocycles. The lowest BCUT2D eigenvalue weighted by Crippen LogP contribution is -2.30. The van der Waals surface area contributed by atoms with E-state index < -0.39 is 5.91 Å². The van der Waals surface area contributed by atoms with Crippen LogP contribution in [0.25, 0.3) is 27.4 Å². The molecule has 0 atom stereocenters. The second-order valence-electron chi connectivity index (χ2n) is 9.98. The third-order valence-electron chi connectivity index (χ3n) is 7.21. The molecule has 0 aliphatic rings. The Labute approximate surface area is 249 Å². The minimum atomic E-state index is -0.519. The van der Waals surface area contributed by atoms with Crippen LogP contribution in [-0.2, 0) is 7.05 Å². The predicted molar refractivity (Wildman–Crippen MR) is 167 cm³/mol. The first-order valence-electron chi connectivity index (χ1n) is 13.4. The van der Waals surface area contributed by atoms with E-state index in [1.54, 1.807) is 62.4 Å². The lowest BCUT2D eigenvalue weighted by atomic mass is 10.1. The van der Waals surface area contributed by atoms with E-state index in [-0.39, 0.29) is 28.3 Å². The highest BCUT2D eigenvalue weighted by Gasteiger charge is 2.22. The Morgan fingerprint density at radius 2 is 1.49 bits per heavy atom. The minimum Gasteiger partial charge on any atom is -0.293 e. The van der Waals surface area contributed by atoms with Crippen molar-refractivity contribution in [1.29, 1.82) is 0 Å². The molecule has 6 aromatic rings. The molecule has 11 heteroatoms. The van der Waals surface area contributed by atoms with Crippen molar-refractivity contribution in [1.82, 2.24) is 24.0 Å². The lowest BCUT2D eigenvalue weighted by Gasteiger charge is -2.14. The number of hydrogen-bond acceptors (Lipinski definition) is 7. The van der Waals surface area contributed by atoms with Crippen LogP contribution < -0.4 is 16.5 Å². The van der Waals surface area contributed by atoms with E-state index in [1.807, 2.05) is 36.4 Å². The van der Waals surface area contributed by atoms with Crippen LogP contribution in [0.3, 0.4) is 0 Å². The largest absolute Gasteiger partial charge is 0.293 e. The van der Waals surface area contributed by atoms with E-state index >= 15 is 0 Å². The van der Waals surface area contributed by atoms with Crippen LogP contribution >= 0.6 is 11.8 Å². The number of Topliss-reactive ketones (excluding diaryl/α,β-unsaturated/α-hetero) is 1. The van der Waals surface area contributed by atoms with Crippen molar-refractivity contribution >= 4 is 45.1 Å². The fourth-order valence-corrected chi connectivity index (χ4v) is 5.96. The van der Waals surface area contributed by atoms with E-state index in [0.717, 1.165) is 4.68 Å². The van der Waals surface area contributed by atoms with Crippen molar-refractivity contribution < 1.29 is 9.59 Å². The maximum Gasteiger partial charge on any atom is 0.291 e. The van der Waals surface area contributed by atoms with Gasteiger partial charge in [0.05, 0.1) is 27.7 Å². The number of para-hydroxylation sites is 2. The Balaban J connectivity index is 1.29. The molecular formula is C32H26N6O4S. The molecule has 10 nitrogen and oxygen atoms in total. The van der Waals surface area contributed by atoms with Gasteiger partial charge < -0.3 is 0 Å². The molecule has 0 saturated carbocycles. The minimum absolute atomic E-state index is 0.0167. The number of aromatic nitrogens is 5. The van der Waals surface area contributed by atoms with Crippen LogP contribution in [0.2, 0.25) is 0 Å². The maximum absolute atomic E-state index is 13.5. The summed E-state index contributed by atoms with van der Waals surface area (Å²) < 4.78 is 4.19. The molecule has 214 valence electrons. The second kappa shape index (κ2) is 11.2. The van der Waals surface area contributed by atoms with Crippen LogP contribution in [0.5, 0.6) is 0 Å². The van der Waals surface area contributed by atoms with Gasteiger partial charge in [-0.25, -0.2) is 9.67 Å². The topological polar surface area (TPSA) is 121 Å². The Hall–Kier alpha value is -5.29. The molecule has 3 aromatic heterocycles. The molecule has 1 N–H and O–H groups in total. The highest BCUT2D eigenvalue weighted by molar-refractivity contribution is 7.99. The standard InChI is InChI=1S/C32H26N6O4S/c1-19-17-25(20(2)38(19)35-29(40)28-22-13-7-8-14-23(22)30(41)36(3)34-28)27(39)18-43-32-33-26-16-10-9-15-24(26)31(42)37(32)21-11-5-4-6-12-21/h4-17H,18H2,1-3H3,(H,35,40). The van der Waals surface area contributed by atoms with Gasteiger partial charge in [0.25, 0.3) is 17.0 Å². The quantitative estimate of drug-likeness (QED) is 0.166. The highest BCUT2D eigenvalue weighted by atomic mass is 32.2. The summed E-state index contributed by atoms with van der Waals surface area (Å²) in [6.45, 7) is 3.52. The highest BCUT2D eigenvalue weighted by Crippen LogP contribution is 2.24. The number of rotatable bonds is 7. The number of fused-ring (bicyclic) bond motifs is 2. The van der Waals surface area contributed by atoms with Gasteiger partial charge in [0.15, 0.2) is 16.6 Å². The lowest BCUT2D eigenvalue weighted by molar-refractivity contribution is 0.0995. The summed E-state index contributed by atoms with van der Waals surface area (Å²) in [4.78, 5) is 57.5. The summed E-state index contributed by atoms with van der Waals surface area (Å²) in [5.74, 6) is -0.691. The number of aryl methyl sites for hydroxylation is 2. The molecular weight excluding hydrogens is 564 g/mol. The van der Waals surface area contributed by atoms with E-state index in [0.29, 0.717) is 49.5 Å². The van der Waals surface area contributed by atoms with Gasteiger partial charge in [-0.15, -0.1) is 0 Å². The van der Waals surface area contributed by atoms with E-state index in [4.69, 9.17) is 4.98 Å². The van der Waals surface area contributed by atoms with Gasteiger partial charge in [0.1, 0.15) is 0 Å². The van der Waals surface area contributed by atoms with Gasteiger partial charge >= 0.3 is 0 Å². The molecule has 3 heterocycles. The third-order valence-corrected chi connectivity index (χ3v) is 8.15. The van der Waals surface area contributed by atoms with Crippen molar-refractivity contribution in [2.24, 2.45) is 7.05 Å². The number of amides is 1. The Bertz CT molecular complexity index is 2180. The van der Waals surface area contributed by atoms with Crippen molar-refractivity contribution in [2.45, 2.75) is 19.0 Å². The normalized spacial score (nSPS) is 11.2. The average molecular weight is 591 g/mol. The number of hydrogen-bond donors (Lipinski definition) is 1. The maximum atomic E-state index is 13.5. The van der Waals surface area contributed by atoms with Crippen LogP contribution in [0.15, 0.2) is 99.7 Å². The summed E-state index contributed by atoms with van der Waals surface area (Å²) in [6, 6.07) is 24.8. The van der Waals surface area contributed by atoms with Gasteiger partial charge in [-0.05, 0) is 50.2 Å². The number of nitrogens with zero attached hydrogens (tertiary/aromatic N) is 5. The molecule has 0 aliphatic heterocycles. The fraction of sp³-hybridized carbons (Fsp3) is 0.125. The number of benzene rings is 3. The molecule has 0 bridgehead atoms. The van der Waals surface area contributed by atoms with Crippen molar-refractivity contribution in [3.63, 3.8) is 0 Å². The Morgan fingerprint density at radius 1 is 0.837 bits per heavy atom. The Morgan fingerprint density at radius 3 is 2.23 bits per heavy atom. The molecule has 0 saturated heterocycles. The predicted octanol–water partition coefficient (Wildman–Crippen LogP) is 4.41. The molecule has 43 heavy (non-hydrogen) atoms. The van der Waals surface area contributed by atoms with Gasteiger partial charge in [-0.3, -0.25) is 33.8 Å². The zero-order valence-electron chi connectivity index (χ0n) is 23.6. The van der Waals surface area contributed by atoms with Gasteiger partial charge in [-0.1, -0.05) is 60.3 Å². The first-order valence-corrected chi connectivity index (χ1v) is 14.4. The van der Waals surface area contributed by atoms with Crippen molar-refractivity contribution in [3.8, 4) is 5.69 Å². The summed E-state index contributed by atoms with van der Waals surface area (Å²) >= 11 is 1.18. The van der Waals surface area contributed by atoms with Gasteiger partial charge in [0, 0.05) is 29.4 Å². The first-order chi connectivity index (χ1) is 20.7. The first kappa shape index (κ1) is 27.9. The number of nitrogens with one attached hydrogen (secondary N) is 1. The van der Waals surface area contributed by atoms with Crippen LogP contribution in [0.1, 0.15) is 32.2 Å². The van der Waals surface area contributed by atoms with Gasteiger partial charge in [0.2, 0.25) is 0 Å². The summed E-state index contributed by atoms with van der Waals surface area (Å²) in [5.41, 5.74) is 5.21. The molecule has 6 rings (SSSR count).